The maximum Gasteiger partial charge on any atom is 0.280 e. The minimum Gasteiger partial charge on any atom is -0.395 e. The first-order valence-corrected chi connectivity index (χ1v) is 12.6. The third kappa shape index (κ3) is 5.85. The van der Waals surface area contributed by atoms with Gasteiger partial charge in [0.15, 0.2) is 5.82 Å². The molecule has 0 saturated carbocycles. The van der Waals surface area contributed by atoms with E-state index in [1.165, 1.54) is 6.07 Å². The summed E-state index contributed by atoms with van der Waals surface area (Å²) in [6, 6.07) is 5.30. The van der Waals surface area contributed by atoms with Gasteiger partial charge in [0, 0.05) is 70.1 Å². The van der Waals surface area contributed by atoms with Crippen LogP contribution in [0.2, 0.25) is 0 Å². The SMILES string of the molecule is OCCN1CCN(Cc2ccc(Nc3ncc4cc(C(F)F)nc(N5CCCCC5)c4n3)nc2)CC1. The van der Waals surface area contributed by atoms with Gasteiger partial charge >= 0.3 is 0 Å². The van der Waals surface area contributed by atoms with Gasteiger partial charge in [-0.2, -0.15) is 0 Å². The maximum absolute atomic E-state index is 13.5. The van der Waals surface area contributed by atoms with Crippen LogP contribution < -0.4 is 10.2 Å². The molecule has 2 aliphatic rings. The number of nitrogens with zero attached hydrogens (tertiary/aromatic N) is 7. The van der Waals surface area contributed by atoms with E-state index in [4.69, 9.17) is 5.11 Å². The molecule has 3 aromatic rings. The highest BCUT2D eigenvalue weighted by Gasteiger charge is 2.21. The second-order valence-electron chi connectivity index (χ2n) is 9.37. The molecule has 0 aliphatic carbocycles. The van der Waals surface area contributed by atoms with Crippen molar-refractivity contribution in [3.63, 3.8) is 0 Å². The Hall–Kier alpha value is -3.02. The maximum atomic E-state index is 13.5. The number of nitrogens with one attached hydrogen (secondary N) is 1. The lowest BCUT2D eigenvalue weighted by Crippen LogP contribution is -2.46. The van der Waals surface area contributed by atoms with Crippen molar-refractivity contribution >= 4 is 28.5 Å². The Morgan fingerprint density at radius 3 is 2.39 bits per heavy atom. The van der Waals surface area contributed by atoms with Crippen LogP contribution in [-0.2, 0) is 6.54 Å². The number of halogens is 2. The molecule has 2 N–H and O–H groups in total. The van der Waals surface area contributed by atoms with Crippen LogP contribution in [0.25, 0.3) is 10.9 Å². The van der Waals surface area contributed by atoms with Crippen molar-refractivity contribution in [3.05, 3.63) is 41.9 Å². The van der Waals surface area contributed by atoms with Crippen LogP contribution in [0.15, 0.2) is 30.6 Å². The smallest absolute Gasteiger partial charge is 0.280 e. The van der Waals surface area contributed by atoms with E-state index in [-0.39, 0.29) is 12.3 Å². The summed E-state index contributed by atoms with van der Waals surface area (Å²) in [6.45, 7) is 7.16. The average molecular weight is 499 g/mol. The third-order valence-electron chi connectivity index (χ3n) is 6.80. The van der Waals surface area contributed by atoms with E-state index in [0.29, 0.717) is 28.5 Å². The number of β-amino-alcohol motifs (C(OH)–C–C–N with tert-alkyl or cyclic N) is 1. The van der Waals surface area contributed by atoms with Gasteiger partial charge in [-0.15, -0.1) is 0 Å². The van der Waals surface area contributed by atoms with Gasteiger partial charge in [-0.3, -0.25) is 9.80 Å². The molecule has 36 heavy (non-hydrogen) atoms. The number of fused-ring (bicyclic) bond motifs is 1. The molecular weight excluding hydrogens is 466 g/mol. The highest BCUT2D eigenvalue weighted by atomic mass is 19.3. The average Bonchev–Trinajstić information content (AvgIpc) is 2.91. The Morgan fingerprint density at radius 1 is 0.917 bits per heavy atom. The largest absolute Gasteiger partial charge is 0.395 e. The van der Waals surface area contributed by atoms with Crippen LogP contribution >= 0.6 is 0 Å². The van der Waals surface area contributed by atoms with Gasteiger partial charge < -0.3 is 15.3 Å². The van der Waals surface area contributed by atoms with Crippen molar-refractivity contribution in [3.8, 4) is 0 Å². The number of pyridine rings is 2. The minimum absolute atomic E-state index is 0.201. The van der Waals surface area contributed by atoms with E-state index in [9.17, 15) is 8.78 Å². The summed E-state index contributed by atoms with van der Waals surface area (Å²) < 4.78 is 27.0. The van der Waals surface area contributed by atoms with Crippen molar-refractivity contribution in [1.82, 2.24) is 29.7 Å². The standard InChI is InChI=1S/C25H32F2N8O/c26-23(27)20-14-19-16-29-25(32-22(19)24(30-20)35-6-2-1-3-7-35)31-21-5-4-18(15-28-21)17-34-10-8-33(9-11-34)12-13-36/h4-5,14-16,23,36H,1-3,6-13,17H2,(H,28,29,31,32). The molecule has 0 amide bonds. The molecule has 9 nitrogen and oxygen atoms in total. The Bertz CT molecular complexity index is 1150. The Morgan fingerprint density at radius 2 is 1.69 bits per heavy atom. The first kappa shape index (κ1) is 24.7. The number of aromatic nitrogens is 4. The van der Waals surface area contributed by atoms with Crippen LogP contribution in [0, 0.1) is 0 Å². The van der Waals surface area contributed by atoms with Gasteiger partial charge in [-0.25, -0.2) is 28.7 Å². The summed E-state index contributed by atoms with van der Waals surface area (Å²) in [5, 5.41) is 12.8. The molecule has 5 heterocycles. The molecule has 0 spiro atoms. The molecular formula is C25H32F2N8O. The number of hydrogen-bond acceptors (Lipinski definition) is 9. The molecule has 2 aliphatic heterocycles. The number of piperidine rings is 1. The molecule has 0 bridgehead atoms. The summed E-state index contributed by atoms with van der Waals surface area (Å²) in [5.74, 6) is 1.46. The second kappa shape index (κ2) is 11.4. The number of anilines is 3. The minimum atomic E-state index is -2.65. The molecule has 2 saturated heterocycles. The quantitative estimate of drug-likeness (QED) is 0.486. The predicted molar refractivity (Wildman–Crippen MR) is 135 cm³/mol. The van der Waals surface area contributed by atoms with E-state index in [1.807, 2.05) is 23.2 Å². The van der Waals surface area contributed by atoms with Crippen molar-refractivity contribution in [1.29, 1.82) is 0 Å². The van der Waals surface area contributed by atoms with Crippen molar-refractivity contribution in [2.45, 2.75) is 32.2 Å². The normalized spacial score (nSPS) is 17.7. The molecule has 3 aromatic heterocycles. The zero-order valence-corrected chi connectivity index (χ0v) is 20.3. The van der Waals surface area contributed by atoms with Gasteiger partial charge in [0.25, 0.3) is 6.43 Å². The van der Waals surface area contributed by atoms with E-state index in [2.05, 4.69) is 35.1 Å². The van der Waals surface area contributed by atoms with Crippen LogP contribution in [-0.4, -0.2) is 87.3 Å². The van der Waals surface area contributed by atoms with Gasteiger partial charge in [0.2, 0.25) is 5.95 Å². The molecule has 5 rings (SSSR count). The summed E-state index contributed by atoms with van der Waals surface area (Å²) in [5.41, 5.74) is 1.43. The van der Waals surface area contributed by atoms with E-state index < -0.39 is 6.43 Å². The van der Waals surface area contributed by atoms with Gasteiger partial charge in [-0.05, 0) is 37.0 Å². The van der Waals surface area contributed by atoms with Gasteiger partial charge in [0.1, 0.15) is 17.0 Å². The highest BCUT2D eigenvalue weighted by molar-refractivity contribution is 5.89. The fraction of sp³-hybridized carbons (Fsp3) is 0.520. The van der Waals surface area contributed by atoms with E-state index in [1.54, 1.807) is 6.20 Å². The number of rotatable bonds is 8. The van der Waals surface area contributed by atoms with Crippen LogP contribution in [0.1, 0.15) is 36.9 Å². The summed E-state index contributed by atoms with van der Waals surface area (Å²) in [4.78, 5) is 24.5. The predicted octanol–water partition coefficient (Wildman–Crippen LogP) is 3.20. The number of hydrogen-bond donors (Lipinski definition) is 2. The van der Waals surface area contributed by atoms with Crippen LogP contribution in [0.5, 0.6) is 0 Å². The van der Waals surface area contributed by atoms with Gasteiger partial charge in [0.05, 0.1) is 6.61 Å². The number of piperazine rings is 1. The lowest BCUT2D eigenvalue weighted by atomic mass is 10.1. The fourth-order valence-electron chi connectivity index (χ4n) is 4.82. The first-order valence-electron chi connectivity index (χ1n) is 12.6. The topological polar surface area (TPSA) is 93.5 Å². The Balaban J connectivity index is 1.29. The van der Waals surface area contributed by atoms with Crippen molar-refractivity contribution in [2.75, 3.05) is 62.6 Å². The van der Waals surface area contributed by atoms with Crippen LogP contribution in [0.4, 0.5) is 26.4 Å². The fourth-order valence-corrected chi connectivity index (χ4v) is 4.82. The number of aliphatic hydroxyl groups is 1. The molecule has 0 atom stereocenters. The van der Waals surface area contributed by atoms with Crippen LogP contribution in [0.3, 0.4) is 0 Å². The van der Waals surface area contributed by atoms with Crippen molar-refractivity contribution < 1.29 is 13.9 Å². The Labute approximate surface area is 209 Å². The lowest BCUT2D eigenvalue weighted by Gasteiger charge is -2.34. The summed E-state index contributed by atoms with van der Waals surface area (Å²) in [6.07, 6.45) is 3.91. The number of aliphatic hydroxyl groups excluding tert-OH is 1. The molecule has 11 heteroatoms. The second-order valence-corrected chi connectivity index (χ2v) is 9.37. The first-order chi connectivity index (χ1) is 17.6. The number of alkyl halides is 2. The van der Waals surface area contributed by atoms with E-state index >= 15 is 0 Å². The Kier molecular flexibility index (Phi) is 7.78. The molecule has 0 radical (unpaired) electrons. The van der Waals surface area contributed by atoms with E-state index in [0.717, 1.165) is 77.2 Å². The molecule has 0 aromatic carbocycles. The summed E-state index contributed by atoms with van der Waals surface area (Å²) in [7, 11) is 0. The third-order valence-corrected chi connectivity index (χ3v) is 6.80. The highest BCUT2D eigenvalue weighted by Crippen LogP contribution is 2.30. The molecule has 192 valence electrons. The monoisotopic (exact) mass is 498 g/mol. The van der Waals surface area contributed by atoms with Gasteiger partial charge in [-0.1, -0.05) is 6.07 Å². The molecule has 2 fully saturated rings. The summed E-state index contributed by atoms with van der Waals surface area (Å²) >= 11 is 0. The lowest BCUT2D eigenvalue weighted by molar-refractivity contribution is 0.108. The zero-order chi connectivity index (χ0) is 24.9. The zero-order valence-electron chi connectivity index (χ0n) is 20.3. The molecule has 0 unspecified atom stereocenters. The van der Waals surface area contributed by atoms with Crippen molar-refractivity contribution in [2.24, 2.45) is 0 Å².